The molecule has 2 unspecified atom stereocenters. The van der Waals surface area contributed by atoms with Gasteiger partial charge in [-0.3, -0.25) is 0 Å². The predicted octanol–water partition coefficient (Wildman–Crippen LogP) is 8.97. The molecule has 0 fully saturated rings. The number of ether oxygens (including phenoxy) is 6. The van der Waals surface area contributed by atoms with Gasteiger partial charge < -0.3 is 28.4 Å². The third-order valence-corrected chi connectivity index (χ3v) is 6.97. The van der Waals surface area contributed by atoms with Crippen molar-refractivity contribution in [2.24, 2.45) is 0 Å². The van der Waals surface area contributed by atoms with Crippen molar-refractivity contribution in [2.75, 3.05) is 28.4 Å². The first-order chi connectivity index (χ1) is 21.0. The zero-order valence-corrected chi connectivity index (χ0v) is 26.1. The topological polar surface area (TPSA) is 55.4 Å². The second-order valence-corrected chi connectivity index (χ2v) is 9.93. The molecule has 3 aromatic carbocycles. The fourth-order valence-electron chi connectivity index (χ4n) is 4.11. The molecule has 0 heterocycles. The zero-order valence-electron chi connectivity index (χ0n) is 26.1. The number of hydrogen-bond acceptors (Lipinski definition) is 6. The van der Waals surface area contributed by atoms with Crippen molar-refractivity contribution in [1.29, 1.82) is 0 Å². The van der Waals surface area contributed by atoms with E-state index in [2.05, 4.69) is 0 Å². The number of hydrogen-bond donors (Lipinski definition) is 0. The number of halogens is 4. The van der Waals surface area contributed by atoms with Crippen LogP contribution in [0.2, 0.25) is 0 Å². The third kappa shape index (κ3) is 7.59. The van der Waals surface area contributed by atoms with Gasteiger partial charge in [-0.05, 0) is 74.2 Å². The lowest BCUT2D eigenvalue weighted by Crippen LogP contribution is -2.11. The van der Waals surface area contributed by atoms with E-state index in [1.165, 1.54) is 40.6 Å². The van der Waals surface area contributed by atoms with E-state index in [-0.39, 0.29) is 12.2 Å². The smallest absolute Gasteiger partial charge is 0.203 e. The molecule has 3 rings (SSSR count). The van der Waals surface area contributed by atoms with E-state index in [1.54, 1.807) is 24.3 Å². The minimum absolute atomic E-state index is 0.132. The molecule has 3 aromatic rings. The van der Waals surface area contributed by atoms with Gasteiger partial charge in [-0.15, -0.1) is 0 Å². The Morgan fingerprint density at radius 1 is 0.523 bits per heavy atom. The Bertz CT molecular complexity index is 1330. The standard InChI is InChI=1S/C34H38F4O6/c1-9-19(3)43-33-25(39-5)15-21(16-26(33)40-6)11-13-23-29(35)31(37)24(32(38)30(23)36)14-12-22-17-27(41-7)34(28(18-22)42-8)44-20(4)10-2/h11-20H,9-10H2,1-8H3. The van der Waals surface area contributed by atoms with Gasteiger partial charge in [0.05, 0.1) is 51.8 Å². The Labute approximate surface area is 255 Å². The lowest BCUT2D eigenvalue weighted by Gasteiger charge is -2.19. The summed E-state index contributed by atoms with van der Waals surface area (Å²) in [6.45, 7) is 7.68. The summed E-state index contributed by atoms with van der Waals surface area (Å²) >= 11 is 0. The molecule has 0 radical (unpaired) electrons. The molecular weight excluding hydrogens is 580 g/mol. The molecule has 10 heteroatoms. The van der Waals surface area contributed by atoms with Crippen LogP contribution in [0.15, 0.2) is 24.3 Å². The summed E-state index contributed by atoms with van der Waals surface area (Å²) in [6, 6.07) is 6.21. The van der Waals surface area contributed by atoms with Crippen molar-refractivity contribution in [1.82, 2.24) is 0 Å². The van der Waals surface area contributed by atoms with E-state index < -0.39 is 34.4 Å². The molecule has 0 spiro atoms. The molecule has 0 saturated carbocycles. The molecular formula is C34H38F4O6. The second-order valence-electron chi connectivity index (χ2n) is 9.93. The minimum atomic E-state index is -1.55. The Balaban J connectivity index is 2.00. The van der Waals surface area contributed by atoms with Crippen LogP contribution in [0.5, 0.6) is 34.5 Å². The van der Waals surface area contributed by atoms with Crippen molar-refractivity contribution in [2.45, 2.75) is 52.7 Å². The van der Waals surface area contributed by atoms with Crippen molar-refractivity contribution in [3.8, 4) is 34.5 Å². The summed E-state index contributed by atoms with van der Waals surface area (Å²) < 4.78 is 93.9. The number of rotatable bonds is 14. The lowest BCUT2D eigenvalue weighted by molar-refractivity contribution is 0.198. The van der Waals surface area contributed by atoms with Gasteiger partial charge >= 0.3 is 0 Å². The summed E-state index contributed by atoms with van der Waals surface area (Å²) in [5.41, 5.74) is -0.986. The summed E-state index contributed by atoms with van der Waals surface area (Å²) in [5, 5.41) is 0. The monoisotopic (exact) mass is 618 g/mol. The van der Waals surface area contributed by atoms with Crippen LogP contribution in [0.4, 0.5) is 17.6 Å². The van der Waals surface area contributed by atoms with Crippen LogP contribution in [-0.4, -0.2) is 40.6 Å². The van der Waals surface area contributed by atoms with Gasteiger partial charge in [0.15, 0.2) is 46.3 Å². The quantitative estimate of drug-likeness (QED) is 0.102. The SMILES string of the molecule is CCC(C)Oc1c(OC)cc(C=Cc2c(F)c(F)c(C=Cc3cc(OC)c(OC(C)CC)c(OC)c3)c(F)c2F)cc1OC. The Morgan fingerprint density at radius 2 is 0.795 bits per heavy atom. The van der Waals surface area contributed by atoms with E-state index in [9.17, 15) is 0 Å². The van der Waals surface area contributed by atoms with Crippen molar-refractivity contribution in [3.63, 3.8) is 0 Å². The average molecular weight is 619 g/mol. The first kappa shape index (κ1) is 34.2. The van der Waals surface area contributed by atoms with E-state index >= 15 is 17.6 Å². The molecule has 0 saturated heterocycles. The van der Waals surface area contributed by atoms with E-state index in [0.29, 0.717) is 45.6 Å². The first-order valence-electron chi connectivity index (χ1n) is 14.1. The highest BCUT2D eigenvalue weighted by molar-refractivity contribution is 5.76. The maximum Gasteiger partial charge on any atom is 0.203 e. The van der Waals surface area contributed by atoms with Crippen LogP contribution in [0, 0.1) is 23.3 Å². The molecule has 44 heavy (non-hydrogen) atoms. The van der Waals surface area contributed by atoms with Crippen LogP contribution < -0.4 is 28.4 Å². The zero-order chi connectivity index (χ0) is 32.6. The highest BCUT2D eigenvalue weighted by Crippen LogP contribution is 2.41. The third-order valence-electron chi connectivity index (χ3n) is 6.97. The first-order valence-corrected chi connectivity index (χ1v) is 14.1. The average Bonchev–Trinajstić information content (AvgIpc) is 3.03. The fourth-order valence-corrected chi connectivity index (χ4v) is 4.11. The predicted molar refractivity (Wildman–Crippen MR) is 164 cm³/mol. The lowest BCUT2D eigenvalue weighted by atomic mass is 10.0. The number of methoxy groups -OCH3 is 4. The van der Waals surface area contributed by atoms with Gasteiger partial charge in [0.2, 0.25) is 11.5 Å². The van der Waals surface area contributed by atoms with Gasteiger partial charge in [0, 0.05) is 0 Å². The van der Waals surface area contributed by atoms with E-state index in [1.807, 2.05) is 27.7 Å². The molecule has 0 N–H and O–H groups in total. The fraction of sp³-hybridized carbons (Fsp3) is 0.353. The Morgan fingerprint density at radius 3 is 1.02 bits per heavy atom. The van der Waals surface area contributed by atoms with Crippen LogP contribution in [0.3, 0.4) is 0 Å². The van der Waals surface area contributed by atoms with Gasteiger partial charge in [-0.25, -0.2) is 17.6 Å². The summed E-state index contributed by atoms with van der Waals surface area (Å²) in [6.07, 6.45) is 5.67. The van der Waals surface area contributed by atoms with Crippen LogP contribution in [-0.2, 0) is 0 Å². The Kier molecular flexibility index (Phi) is 12.0. The molecule has 238 valence electrons. The normalized spacial score (nSPS) is 12.8. The van der Waals surface area contributed by atoms with E-state index in [4.69, 9.17) is 28.4 Å². The van der Waals surface area contributed by atoms with Crippen molar-refractivity contribution < 1.29 is 46.0 Å². The molecule has 0 aromatic heterocycles. The number of benzene rings is 3. The maximum absolute atomic E-state index is 15.1. The van der Waals surface area contributed by atoms with Crippen LogP contribution >= 0.6 is 0 Å². The van der Waals surface area contributed by atoms with Gasteiger partial charge in [-0.1, -0.05) is 26.0 Å². The molecule has 2 atom stereocenters. The minimum Gasteiger partial charge on any atom is -0.493 e. The summed E-state index contributed by atoms with van der Waals surface area (Å²) in [4.78, 5) is 0. The maximum atomic E-state index is 15.1. The van der Waals surface area contributed by atoms with E-state index in [0.717, 1.165) is 25.0 Å². The molecule has 0 aliphatic rings. The molecule has 0 amide bonds. The Hall–Kier alpha value is -4.34. The highest BCUT2D eigenvalue weighted by atomic mass is 19.2. The molecule has 0 aliphatic carbocycles. The summed E-state index contributed by atoms with van der Waals surface area (Å²) in [7, 11) is 5.74. The van der Waals surface area contributed by atoms with Crippen molar-refractivity contribution >= 4 is 24.3 Å². The van der Waals surface area contributed by atoms with Crippen LogP contribution in [0.25, 0.3) is 24.3 Å². The van der Waals surface area contributed by atoms with Crippen LogP contribution in [0.1, 0.15) is 62.8 Å². The highest BCUT2D eigenvalue weighted by Gasteiger charge is 2.23. The molecule has 0 bridgehead atoms. The largest absolute Gasteiger partial charge is 0.493 e. The van der Waals surface area contributed by atoms with Gasteiger partial charge in [0.25, 0.3) is 0 Å². The molecule has 0 aliphatic heterocycles. The summed E-state index contributed by atoms with van der Waals surface area (Å²) in [5.74, 6) is -4.23. The van der Waals surface area contributed by atoms with Gasteiger partial charge in [-0.2, -0.15) is 0 Å². The van der Waals surface area contributed by atoms with Gasteiger partial charge in [0.1, 0.15) is 0 Å². The van der Waals surface area contributed by atoms with Crippen molar-refractivity contribution in [3.05, 3.63) is 69.8 Å². The second kappa shape index (κ2) is 15.4. The molecule has 6 nitrogen and oxygen atoms in total.